The summed E-state index contributed by atoms with van der Waals surface area (Å²) in [5, 5.41) is 6.01. The molecule has 2 N–H and O–H groups in total. The number of nitrogens with one attached hydrogen (secondary N) is 2. The Kier molecular flexibility index (Phi) is 6.80. The van der Waals surface area contributed by atoms with Crippen LogP contribution in [0.1, 0.15) is 34.6 Å². The van der Waals surface area contributed by atoms with Crippen molar-refractivity contribution in [2.45, 2.75) is 18.9 Å². The molecule has 4 nitrogen and oxygen atoms in total. The van der Waals surface area contributed by atoms with Crippen molar-refractivity contribution in [2.75, 3.05) is 20.2 Å². The summed E-state index contributed by atoms with van der Waals surface area (Å²) in [6.45, 7) is 1.74. The first-order valence-electron chi connectivity index (χ1n) is 10.7. The van der Waals surface area contributed by atoms with Crippen LogP contribution in [-0.2, 0) is 11.3 Å². The standard InChI is InChI=1S/C27H28N2O2/c1-28-18-21-11-8-10-20(17-21)9-6-7-16-29-27(30)31-19-26-24-14-4-2-12-22(24)23-13-3-5-15-25(23)26/h2-6,8-15,17,26,28H,7,16,18-19H2,1H3,(H,29,30). The molecule has 1 aliphatic carbocycles. The van der Waals surface area contributed by atoms with E-state index in [1.807, 2.05) is 19.2 Å². The number of rotatable bonds is 8. The number of fused-ring (bicyclic) bond motifs is 3. The topological polar surface area (TPSA) is 50.4 Å². The van der Waals surface area contributed by atoms with Gasteiger partial charge in [-0.25, -0.2) is 4.79 Å². The van der Waals surface area contributed by atoms with E-state index in [0.29, 0.717) is 13.2 Å². The average Bonchev–Trinajstić information content (AvgIpc) is 3.12. The zero-order valence-electron chi connectivity index (χ0n) is 17.8. The van der Waals surface area contributed by atoms with E-state index in [4.69, 9.17) is 4.74 Å². The van der Waals surface area contributed by atoms with Crippen molar-refractivity contribution in [2.24, 2.45) is 0 Å². The molecule has 31 heavy (non-hydrogen) atoms. The first-order chi connectivity index (χ1) is 15.3. The molecule has 0 fully saturated rings. The van der Waals surface area contributed by atoms with Crippen LogP contribution < -0.4 is 10.6 Å². The van der Waals surface area contributed by atoms with Gasteiger partial charge < -0.3 is 15.4 Å². The fraction of sp³-hybridized carbons (Fsp3) is 0.222. The molecule has 3 aromatic rings. The highest BCUT2D eigenvalue weighted by atomic mass is 16.5. The summed E-state index contributed by atoms with van der Waals surface area (Å²) in [5.41, 5.74) is 7.32. The second-order valence-electron chi connectivity index (χ2n) is 7.72. The van der Waals surface area contributed by atoms with Gasteiger partial charge in [0.15, 0.2) is 0 Å². The van der Waals surface area contributed by atoms with E-state index in [2.05, 4.69) is 83.4 Å². The molecule has 0 aromatic heterocycles. The number of carbonyl (C=O) groups is 1. The Morgan fingerprint density at radius 3 is 2.39 bits per heavy atom. The number of benzene rings is 3. The third-order valence-corrected chi connectivity index (χ3v) is 5.57. The van der Waals surface area contributed by atoms with Crippen LogP contribution in [0, 0.1) is 0 Å². The molecule has 0 saturated carbocycles. The van der Waals surface area contributed by atoms with Gasteiger partial charge in [-0.3, -0.25) is 0 Å². The molecule has 0 atom stereocenters. The Balaban J connectivity index is 1.25. The highest BCUT2D eigenvalue weighted by Crippen LogP contribution is 2.44. The van der Waals surface area contributed by atoms with Crippen molar-refractivity contribution in [1.82, 2.24) is 10.6 Å². The monoisotopic (exact) mass is 412 g/mol. The number of hydrogen-bond donors (Lipinski definition) is 2. The molecule has 4 rings (SSSR count). The summed E-state index contributed by atoms with van der Waals surface area (Å²) in [4.78, 5) is 12.2. The minimum Gasteiger partial charge on any atom is -0.449 e. The summed E-state index contributed by atoms with van der Waals surface area (Å²) < 4.78 is 5.57. The fourth-order valence-corrected chi connectivity index (χ4v) is 4.14. The molecule has 4 heteroatoms. The van der Waals surface area contributed by atoms with Crippen LogP contribution in [-0.4, -0.2) is 26.3 Å². The van der Waals surface area contributed by atoms with Gasteiger partial charge in [-0.05, 0) is 46.8 Å². The van der Waals surface area contributed by atoms with Crippen molar-refractivity contribution >= 4 is 12.2 Å². The van der Waals surface area contributed by atoms with Gasteiger partial charge >= 0.3 is 6.09 Å². The molecule has 0 heterocycles. The predicted molar refractivity (Wildman–Crippen MR) is 126 cm³/mol. The van der Waals surface area contributed by atoms with Gasteiger partial charge in [-0.15, -0.1) is 0 Å². The van der Waals surface area contributed by atoms with Crippen LogP contribution in [0.5, 0.6) is 0 Å². The molecule has 0 radical (unpaired) electrons. The SMILES string of the molecule is CNCc1cccc(C=CCCNC(=O)OCC2c3ccccc3-c3ccccc32)c1. The van der Waals surface area contributed by atoms with Gasteiger partial charge in [-0.2, -0.15) is 0 Å². The van der Waals surface area contributed by atoms with Crippen LogP contribution in [0.25, 0.3) is 17.2 Å². The Morgan fingerprint density at radius 1 is 0.968 bits per heavy atom. The molecule has 0 aliphatic heterocycles. The third-order valence-electron chi connectivity index (χ3n) is 5.57. The molecular weight excluding hydrogens is 384 g/mol. The van der Waals surface area contributed by atoms with Crippen molar-refractivity contribution in [3.8, 4) is 11.1 Å². The number of amides is 1. The molecule has 0 saturated heterocycles. The minimum absolute atomic E-state index is 0.0860. The Labute approximate surface area is 184 Å². The van der Waals surface area contributed by atoms with Crippen LogP contribution in [0.4, 0.5) is 4.79 Å². The quantitative estimate of drug-likeness (QED) is 0.491. The van der Waals surface area contributed by atoms with E-state index in [-0.39, 0.29) is 12.0 Å². The van der Waals surface area contributed by atoms with Gasteiger partial charge in [0.1, 0.15) is 6.61 Å². The smallest absolute Gasteiger partial charge is 0.407 e. The minimum atomic E-state index is -0.369. The van der Waals surface area contributed by atoms with Crippen molar-refractivity contribution in [3.63, 3.8) is 0 Å². The van der Waals surface area contributed by atoms with E-state index >= 15 is 0 Å². The second-order valence-corrected chi connectivity index (χ2v) is 7.72. The first kappa shape index (κ1) is 20.9. The van der Waals surface area contributed by atoms with Crippen molar-refractivity contribution < 1.29 is 9.53 Å². The largest absolute Gasteiger partial charge is 0.449 e. The highest BCUT2D eigenvalue weighted by molar-refractivity contribution is 5.79. The van der Waals surface area contributed by atoms with Crippen LogP contribution in [0.3, 0.4) is 0 Å². The van der Waals surface area contributed by atoms with E-state index in [1.54, 1.807) is 0 Å². The maximum atomic E-state index is 12.2. The van der Waals surface area contributed by atoms with Crippen molar-refractivity contribution in [3.05, 3.63) is 101 Å². The second kappa shape index (κ2) is 10.1. The summed E-state index contributed by atoms with van der Waals surface area (Å²) in [5.74, 6) is 0.0860. The van der Waals surface area contributed by atoms with Gasteiger partial charge in [0, 0.05) is 19.0 Å². The van der Waals surface area contributed by atoms with Gasteiger partial charge in [0.05, 0.1) is 0 Å². The number of alkyl carbamates (subject to hydrolysis) is 1. The Morgan fingerprint density at radius 2 is 1.68 bits per heavy atom. The lowest BCUT2D eigenvalue weighted by atomic mass is 9.98. The van der Waals surface area contributed by atoms with E-state index in [9.17, 15) is 4.79 Å². The molecule has 0 bridgehead atoms. The predicted octanol–water partition coefficient (Wildman–Crippen LogP) is 5.35. The molecule has 1 aliphatic rings. The maximum Gasteiger partial charge on any atom is 0.407 e. The molecule has 0 unspecified atom stereocenters. The van der Waals surface area contributed by atoms with Crippen LogP contribution >= 0.6 is 0 Å². The average molecular weight is 413 g/mol. The zero-order chi connectivity index (χ0) is 21.5. The summed E-state index contributed by atoms with van der Waals surface area (Å²) in [6, 6.07) is 25.1. The first-order valence-corrected chi connectivity index (χ1v) is 10.7. The summed E-state index contributed by atoms with van der Waals surface area (Å²) in [7, 11) is 1.94. The third kappa shape index (κ3) is 5.04. The molecular formula is C27H28N2O2. The van der Waals surface area contributed by atoms with E-state index < -0.39 is 0 Å². The molecule has 158 valence electrons. The Bertz CT molecular complexity index is 1030. The van der Waals surface area contributed by atoms with Gasteiger partial charge in [0.25, 0.3) is 0 Å². The van der Waals surface area contributed by atoms with Gasteiger partial charge in [0.2, 0.25) is 0 Å². The summed E-state index contributed by atoms with van der Waals surface area (Å²) in [6.07, 6.45) is 4.53. The Hall–Kier alpha value is -3.37. The van der Waals surface area contributed by atoms with Gasteiger partial charge in [-0.1, -0.05) is 84.9 Å². The molecule has 3 aromatic carbocycles. The van der Waals surface area contributed by atoms with E-state index in [1.165, 1.54) is 27.8 Å². The number of hydrogen-bond acceptors (Lipinski definition) is 3. The lowest BCUT2D eigenvalue weighted by molar-refractivity contribution is 0.143. The molecule has 0 spiro atoms. The maximum absolute atomic E-state index is 12.2. The molecule has 1 amide bonds. The van der Waals surface area contributed by atoms with Crippen molar-refractivity contribution in [1.29, 1.82) is 0 Å². The van der Waals surface area contributed by atoms with Crippen LogP contribution in [0.2, 0.25) is 0 Å². The zero-order valence-corrected chi connectivity index (χ0v) is 17.8. The lowest BCUT2D eigenvalue weighted by Gasteiger charge is -2.14. The highest BCUT2D eigenvalue weighted by Gasteiger charge is 2.28. The normalized spacial score (nSPS) is 12.5. The number of carbonyl (C=O) groups excluding carboxylic acids is 1. The van der Waals surface area contributed by atoms with E-state index in [0.717, 1.165) is 18.5 Å². The summed E-state index contributed by atoms with van der Waals surface area (Å²) >= 11 is 0. The fourth-order valence-electron chi connectivity index (χ4n) is 4.14. The number of ether oxygens (including phenoxy) is 1. The lowest BCUT2D eigenvalue weighted by Crippen LogP contribution is -2.26. The van der Waals surface area contributed by atoms with Crippen LogP contribution in [0.15, 0.2) is 78.9 Å².